The fraction of sp³-hybridized carbons (Fsp3) is 0.562. The molecule has 0 atom stereocenters. The first-order valence-corrected chi connectivity index (χ1v) is 7.35. The fourth-order valence-electron chi connectivity index (χ4n) is 2.83. The van der Waals surface area contributed by atoms with Gasteiger partial charge in [-0.1, -0.05) is 43.9 Å². The van der Waals surface area contributed by atoms with Crippen LogP contribution in [0.4, 0.5) is 0 Å². The average Bonchev–Trinajstić information content (AvgIpc) is 2.64. The molecule has 0 radical (unpaired) electrons. The van der Waals surface area contributed by atoms with E-state index in [0.717, 1.165) is 18.4 Å². The molecule has 4 nitrogen and oxygen atoms in total. The Morgan fingerprint density at radius 2 is 1.80 bits per heavy atom. The van der Waals surface area contributed by atoms with Crippen LogP contribution in [0.1, 0.15) is 54.4 Å². The Morgan fingerprint density at radius 3 is 2.45 bits per heavy atom. The van der Waals surface area contributed by atoms with E-state index >= 15 is 0 Å². The third-order valence-corrected chi connectivity index (χ3v) is 4.03. The quantitative estimate of drug-likeness (QED) is 0.810. The maximum atomic E-state index is 11.3. The summed E-state index contributed by atoms with van der Waals surface area (Å²) in [6.07, 6.45) is 6.93. The summed E-state index contributed by atoms with van der Waals surface area (Å²) in [5, 5.41) is 0. The fourth-order valence-corrected chi connectivity index (χ4v) is 2.83. The van der Waals surface area contributed by atoms with Crippen molar-refractivity contribution in [3.8, 4) is 0 Å². The predicted molar refractivity (Wildman–Crippen MR) is 79.2 cm³/mol. The summed E-state index contributed by atoms with van der Waals surface area (Å²) in [5.74, 6) is -0.416. The Hall–Kier alpha value is -1.39. The van der Waals surface area contributed by atoms with Crippen LogP contribution in [0.25, 0.3) is 0 Å². The molecule has 1 saturated carbocycles. The molecule has 0 heterocycles. The van der Waals surface area contributed by atoms with Gasteiger partial charge in [-0.15, -0.1) is 0 Å². The smallest absolute Gasteiger partial charge is 0.249 e. The molecule has 1 aliphatic carbocycles. The van der Waals surface area contributed by atoms with Gasteiger partial charge in [-0.05, 0) is 24.5 Å². The van der Waals surface area contributed by atoms with Gasteiger partial charge in [0.2, 0.25) is 5.91 Å². The molecule has 4 heteroatoms. The molecule has 20 heavy (non-hydrogen) atoms. The molecule has 1 amide bonds. The lowest BCUT2D eigenvalue weighted by molar-refractivity contribution is 0.0660. The highest BCUT2D eigenvalue weighted by Gasteiger charge is 2.26. The number of hydrogen-bond acceptors (Lipinski definition) is 3. The summed E-state index contributed by atoms with van der Waals surface area (Å²) in [4.78, 5) is 11.3. The van der Waals surface area contributed by atoms with Gasteiger partial charge in [-0.3, -0.25) is 4.79 Å². The number of carbonyl (C=O) groups excluding carboxylic acids is 1. The van der Waals surface area contributed by atoms with Crippen molar-refractivity contribution in [3.63, 3.8) is 0 Å². The van der Waals surface area contributed by atoms with E-state index in [-0.39, 0.29) is 5.54 Å². The van der Waals surface area contributed by atoms with Crippen molar-refractivity contribution in [1.29, 1.82) is 0 Å². The number of carbonyl (C=O) groups is 1. The second-order valence-electron chi connectivity index (χ2n) is 5.79. The van der Waals surface area contributed by atoms with Crippen LogP contribution in [-0.4, -0.2) is 18.1 Å². The Balaban J connectivity index is 1.91. The molecule has 4 N–H and O–H groups in total. The van der Waals surface area contributed by atoms with E-state index in [1.54, 1.807) is 12.1 Å². The molecular formula is C16H24N2O2. The Morgan fingerprint density at radius 1 is 1.15 bits per heavy atom. The Labute approximate surface area is 120 Å². The van der Waals surface area contributed by atoms with Crippen molar-refractivity contribution < 1.29 is 9.53 Å². The molecule has 0 aliphatic heterocycles. The van der Waals surface area contributed by atoms with Crippen LogP contribution in [0.15, 0.2) is 24.3 Å². The summed E-state index contributed by atoms with van der Waals surface area (Å²) in [7, 11) is 0. The third kappa shape index (κ3) is 4.05. The van der Waals surface area contributed by atoms with Gasteiger partial charge in [0, 0.05) is 11.1 Å². The second-order valence-corrected chi connectivity index (χ2v) is 5.79. The SMILES string of the molecule is NC(=O)c1ccccc1COCC1(N)CCCCCC1. The normalized spacial score (nSPS) is 18.4. The van der Waals surface area contributed by atoms with Crippen molar-refractivity contribution in [1.82, 2.24) is 0 Å². The van der Waals surface area contributed by atoms with Crippen molar-refractivity contribution in [2.45, 2.75) is 50.7 Å². The van der Waals surface area contributed by atoms with Gasteiger partial charge in [-0.2, -0.15) is 0 Å². The van der Waals surface area contributed by atoms with Gasteiger partial charge in [0.05, 0.1) is 13.2 Å². The van der Waals surface area contributed by atoms with Gasteiger partial charge >= 0.3 is 0 Å². The molecule has 1 aromatic carbocycles. The van der Waals surface area contributed by atoms with Crippen LogP contribution >= 0.6 is 0 Å². The van der Waals surface area contributed by atoms with Crippen LogP contribution in [0, 0.1) is 0 Å². The molecule has 0 spiro atoms. The minimum atomic E-state index is -0.416. The van der Waals surface area contributed by atoms with Gasteiger partial charge in [0.25, 0.3) is 0 Å². The van der Waals surface area contributed by atoms with E-state index in [0.29, 0.717) is 18.8 Å². The molecule has 0 aromatic heterocycles. The van der Waals surface area contributed by atoms with Crippen LogP contribution < -0.4 is 11.5 Å². The standard InChI is InChI=1S/C16H24N2O2/c17-15(19)14-8-4-3-7-13(14)11-20-12-16(18)9-5-1-2-6-10-16/h3-4,7-8H,1-2,5-6,9-12,18H2,(H2,17,19). The average molecular weight is 276 g/mol. The van der Waals surface area contributed by atoms with Gasteiger partial charge in [0.1, 0.15) is 0 Å². The Bertz CT molecular complexity index is 452. The number of primary amides is 1. The monoisotopic (exact) mass is 276 g/mol. The topological polar surface area (TPSA) is 78.3 Å². The van der Waals surface area contributed by atoms with Crippen molar-refractivity contribution in [3.05, 3.63) is 35.4 Å². The lowest BCUT2D eigenvalue weighted by Gasteiger charge is -2.27. The van der Waals surface area contributed by atoms with Crippen LogP contribution in [0.3, 0.4) is 0 Å². The zero-order valence-corrected chi connectivity index (χ0v) is 11.9. The number of rotatable bonds is 5. The summed E-state index contributed by atoms with van der Waals surface area (Å²) in [5.41, 5.74) is 12.9. The number of amides is 1. The highest BCUT2D eigenvalue weighted by Crippen LogP contribution is 2.25. The molecule has 1 aromatic rings. The lowest BCUT2D eigenvalue weighted by atomic mass is 9.92. The van der Waals surface area contributed by atoms with Crippen LogP contribution in [-0.2, 0) is 11.3 Å². The second kappa shape index (κ2) is 6.86. The summed E-state index contributed by atoms with van der Waals surface area (Å²) < 4.78 is 5.78. The Kier molecular flexibility index (Phi) is 5.15. The molecule has 0 bridgehead atoms. The minimum absolute atomic E-state index is 0.210. The maximum absolute atomic E-state index is 11.3. The zero-order valence-electron chi connectivity index (χ0n) is 11.9. The van der Waals surface area contributed by atoms with E-state index < -0.39 is 5.91 Å². The summed E-state index contributed by atoms with van der Waals surface area (Å²) >= 11 is 0. The van der Waals surface area contributed by atoms with E-state index in [2.05, 4.69) is 0 Å². The molecule has 2 rings (SSSR count). The van der Waals surface area contributed by atoms with Crippen molar-refractivity contribution in [2.75, 3.05) is 6.61 Å². The largest absolute Gasteiger partial charge is 0.375 e. The first-order chi connectivity index (χ1) is 9.61. The highest BCUT2D eigenvalue weighted by atomic mass is 16.5. The van der Waals surface area contributed by atoms with E-state index in [1.807, 2.05) is 12.1 Å². The maximum Gasteiger partial charge on any atom is 0.249 e. The van der Waals surface area contributed by atoms with Crippen LogP contribution in [0.5, 0.6) is 0 Å². The van der Waals surface area contributed by atoms with Gasteiger partial charge in [-0.25, -0.2) is 0 Å². The predicted octanol–water partition coefficient (Wildman–Crippen LogP) is 2.35. The molecule has 0 saturated heterocycles. The molecule has 110 valence electrons. The van der Waals surface area contributed by atoms with E-state index in [1.165, 1.54) is 25.7 Å². The number of benzene rings is 1. The molecule has 1 aliphatic rings. The summed E-state index contributed by atoms with van der Waals surface area (Å²) in [6, 6.07) is 7.29. The molecular weight excluding hydrogens is 252 g/mol. The zero-order chi connectivity index (χ0) is 14.4. The summed E-state index contributed by atoms with van der Waals surface area (Å²) in [6.45, 7) is 0.929. The highest BCUT2D eigenvalue weighted by molar-refractivity contribution is 5.94. The first-order valence-electron chi connectivity index (χ1n) is 7.35. The third-order valence-electron chi connectivity index (χ3n) is 4.03. The van der Waals surface area contributed by atoms with Crippen molar-refractivity contribution in [2.24, 2.45) is 11.5 Å². The molecule has 0 unspecified atom stereocenters. The number of hydrogen-bond donors (Lipinski definition) is 2. The molecule has 1 fully saturated rings. The minimum Gasteiger partial charge on any atom is -0.375 e. The van der Waals surface area contributed by atoms with E-state index in [9.17, 15) is 4.79 Å². The van der Waals surface area contributed by atoms with E-state index in [4.69, 9.17) is 16.2 Å². The van der Waals surface area contributed by atoms with Crippen molar-refractivity contribution >= 4 is 5.91 Å². The lowest BCUT2D eigenvalue weighted by Crippen LogP contribution is -2.43. The number of ether oxygens (including phenoxy) is 1. The van der Waals surface area contributed by atoms with Gasteiger partial charge in [0.15, 0.2) is 0 Å². The van der Waals surface area contributed by atoms with Crippen LogP contribution in [0.2, 0.25) is 0 Å². The number of nitrogens with two attached hydrogens (primary N) is 2. The first kappa shape index (κ1) is 15.0. The van der Waals surface area contributed by atoms with Gasteiger partial charge < -0.3 is 16.2 Å².